The third kappa shape index (κ3) is 4.99. The van der Waals surface area contributed by atoms with Crippen LogP contribution in [0.5, 0.6) is 5.88 Å². The Labute approximate surface area is 150 Å². The molecule has 8 heteroatoms. The van der Waals surface area contributed by atoms with Crippen molar-refractivity contribution in [2.45, 2.75) is 18.8 Å². The Morgan fingerprint density at radius 2 is 1.96 bits per heavy atom. The molecule has 1 aromatic carbocycles. The molecule has 2 aromatic rings. The number of ether oxygens (including phenoxy) is 1. The number of piperidine rings is 1. The summed E-state index contributed by atoms with van der Waals surface area (Å²) < 4.78 is 31.8. The van der Waals surface area contributed by atoms with Crippen molar-refractivity contribution in [3.63, 3.8) is 0 Å². The maximum absolute atomic E-state index is 13.1. The molecule has 1 N–H and O–H groups in total. The van der Waals surface area contributed by atoms with Crippen molar-refractivity contribution in [2.24, 2.45) is 0 Å². The molecule has 0 spiro atoms. The number of aromatic nitrogens is 1. The van der Waals surface area contributed by atoms with E-state index in [9.17, 15) is 13.6 Å². The quantitative estimate of drug-likeness (QED) is 0.870. The summed E-state index contributed by atoms with van der Waals surface area (Å²) in [6.07, 6.45) is -0.208. The van der Waals surface area contributed by atoms with Gasteiger partial charge in [-0.3, -0.25) is 4.90 Å². The molecule has 1 saturated heterocycles. The molecule has 0 bridgehead atoms. The van der Waals surface area contributed by atoms with Gasteiger partial charge < -0.3 is 9.84 Å². The van der Waals surface area contributed by atoms with Crippen LogP contribution in [0.3, 0.4) is 0 Å². The normalized spacial score (nSPS) is 17.0. The molecule has 3 rings (SSSR count). The first-order valence-electron chi connectivity index (χ1n) is 7.80. The van der Waals surface area contributed by atoms with Crippen LogP contribution in [0.2, 0.25) is 0 Å². The van der Waals surface area contributed by atoms with Gasteiger partial charge in [-0.1, -0.05) is 0 Å². The standard InChI is InChI=1S/C17H18F2N2O3.ClH/c18-17(19)5-7-21(8-6-17)9-10-24-15-4-2-12-11-13(16(22)23)1-3-14(12)20-15;/h1-4,11H,5-10H2,(H,22,23);1H. The van der Waals surface area contributed by atoms with Crippen LogP contribution in [-0.4, -0.2) is 53.1 Å². The molecule has 0 atom stereocenters. The molecular formula is C17H19ClF2N2O3. The number of alkyl halides is 2. The van der Waals surface area contributed by atoms with Crippen molar-refractivity contribution in [3.05, 3.63) is 35.9 Å². The molecule has 2 heterocycles. The van der Waals surface area contributed by atoms with Crippen LogP contribution in [0, 0.1) is 0 Å². The average Bonchev–Trinajstić information content (AvgIpc) is 2.56. The number of likely N-dealkylation sites (tertiary alicyclic amines) is 1. The highest BCUT2D eigenvalue weighted by Crippen LogP contribution is 2.27. The zero-order valence-electron chi connectivity index (χ0n) is 13.5. The van der Waals surface area contributed by atoms with E-state index in [1.54, 1.807) is 24.3 Å². The third-order valence-electron chi connectivity index (χ3n) is 4.16. The molecule has 136 valence electrons. The molecule has 0 saturated carbocycles. The molecule has 0 amide bonds. The summed E-state index contributed by atoms with van der Waals surface area (Å²) in [6, 6.07) is 8.12. The average molecular weight is 373 g/mol. The SMILES string of the molecule is Cl.O=C(O)c1ccc2nc(OCCN3CCC(F)(F)CC3)ccc2c1. The van der Waals surface area contributed by atoms with Gasteiger partial charge >= 0.3 is 5.97 Å². The second kappa shape index (κ2) is 7.93. The molecule has 0 radical (unpaired) electrons. The van der Waals surface area contributed by atoms with Crippen molar-refractivity contribution >= 4 is 29.3 Å². The Morgan fingerprint density at radius 3 is 2.64 bits per heavy atom. The van der Waals surface area contributed by atoms with E-state index in [1.165, 1.54) is 6.07 Å². The van der Waals surface area contributed by atoms with Crippen molar-refractivity contribution in [2.75, 3.05) is 26.2 Å². The fourth-order valence-electron chi connectivity index (χ4n) is 2.70. The van der Waals surface area contributed by atoms with Gasteiger partial charge in [0.25, 0.3) is 5.92 Å². The van der Waals surface area contributed by atoms with Gasteiger partial charge in [0.1, 0.15) is 6.61 Å². The molecule has 1 aromatic heterocycles. The van der Waals surface area contributed by atoms with Crippen molar-refractivity contribution < 1.29 is 23.4 Å². The number of hydrogen-bond donors (Lipinski definition) is 1. The second-order valence-corrected chi connectivity index (χ2v) is 5.91. The van der Waals surface area contributed by atoms with Gasteiger partial charge in [0.2, 0.25) is 5.88 Å². The van der Waals surface area contributed by atoms with E-state index in [1.807, 2.05) is 4.90 Å². The van der Waals surface area contributed by atoms with Crippen LogP contribution in [0.25, 0.3) is 10.9 Å². The third-order valence-corrected chi connectivity index (χ3v) is 4.16. The molecule has 5 nitrogen and oxygen atoms in total. The Hall–Kier alpha value is -1.99. The summed E-state index contributed by atoms with van der Waals surface area (Å²) in [5.41, 5.74) is 0.856. The maximum Gasteiger partial charge on any atom is 0.335 e. The van der Waals surface area contributed by atoms with E-state index in [2.05, 4.69) is 4.98 Å². The predicted octanol–water partition coefficient (Wildman–Crippen LogP) is 3.46. The summed E-state index contributed by atoms with van der Waals surface area (Å²) >= 11 is 0. The van der Waals surface area contributed by atoms with Crippen LogP contribution in [-0.2, 0) is 0 Å². The zero-order valence-corrected chi connectivity index (χ0v) is 14.3. The zero-order chi connectivity index (χ0) is 17.2. The van der Waals surface area contributed by atoms with E-state index in [-0.39, 0.29) is 30.8 Å². The number of pyridine rings is 1. The van der Waals surface area contributed by atoms with Crippen LogP contribution in [0.15, 0.2) is 30.3 Å². The van der Waals surface area contributed by atoms with Gasteiger partial charge in [0.05, 0.1) is 11.1 Å². The van der Waals surface area contributed by atoms with Gasteiger partial charge in [-0.25, -0.2) is 18.6 Å². The summed E-state index contributed by atoms with van der Waals surface area (Å²) in [5, 5.41) is 9.70. The lowest BCUT2D eigenvalue weighted by atomic mass is 10.1. The lowest BCUT2D eigenvalue weighted by Crippen LogP contribution is -2.41. The van der Waals surface area contributed by atoms with E-state index < -0.39 is 11.9 Å². The fourth-order valence-corrected chi connectivity index (χ4v) is 2.70. The number of carbonyl (C=O) groups is 1. The number of rotatable bonds is 5. The number of fused-ring (bicyclic) bond motifs is 1. The summed E-state index contributed by atoms with van der Waals surface area (Å²) in [6.45, 7) is 1.70. The van der Waals surface area contributed by atoms with Crippen LogP contribution >= 0.6 is 12.4 Å². The second-order valence-electron chi connectivity index (χ2n) is 5.91. The number of aromatic carboxylic acids is 1. The van der Waals surface area contributed by atoms with Gasteiger partial charge in [0, 0.05) is 43.9 Å². The minimum absolute atomic E-state index is 0. The number of carboxylic acid groups (broad SMARTS) is 1. The first-order valence-corrected chi connectivity index (χ1v) is 7.80. The highest BCUT2D eigenvalue weighted by atomic mass is 35.5. The van der Waals surface area contributed by atoms with Crippen molar-refractivity contribution in [1.82, 2.24) is 9.88 Å². The molecule has 25 heavy (non-hydrogen) atoms. The Morgan fingerprint density at radius 1 is 1.24 bits per heavy atom. The van der Waals surface area contributed by atoms with E-state index in [0.717, 1.165) is 5.39 Å². The lowest BCUT2D eigenvalue weighted by Gasteiger charge is -2.31. The molecule has 0 aliphatic carbocycles. The summed E-state index contributed by atoms with van der Waals surface area (Å²) in [4.78, 5) is 17.2. The predicted molar refractivity (Wildman–Crippen MR) is 92.1 cm³/mol. The molecule has 1 fully saturated rings. The first kappa shape index (κ1) is 19.3. The molecule has 1 aliphatic heterocycles. The highest BCUT2D eigenvalue weighted by molar-refractivity contribution is 5.93. The Balaban J connectivity index is 0.00000225. The largest absolute Gasteiger partial charge is 0.478 e. The van der Waals surface area contributed by atoms with Gasteiger partial charge in [0.15, 0.2) is 0 Å². The molecular weight excluding hydrogens is 354 g/mol. The van der Waals surface area contributed by atoms with E-state index in [0.29, 0.717) is 37.6 Å². The van der Waals surface area contributed by atoms with Crippen LogP contribution < -0.4 is 4.74 Å². The van der Waals surface area contributed by atoms with Gasteiger partial charge in [-0.05, 0) is 24.3 Å². The highest BCUT2D eigenvalue weighted by Gasteiger charge is 2.33. The number of nitrogens with zero attached hydrogens (tertiary/aromatic N) is 2. The first-order chi connectivity index (χ1) is 11.4. The Bertz CT molecular complexity index is 748. The fraction of sp³-hybridized carbons (Fsp3) is 0.412. The molecule has 0 unspecified atom stereocenters. The number of benzene rings is 1. The Kier molecular flexibility index (Phi) is 6.13. The number of halogens is 3. The van der Waals surface area contributed by atoms with Crippen molar-refractivity contribution in [3.8, 4) is 5.88 Å². The van der Waals surface area contributed by atoms with E-state index >= 15 is 0 Å². The monoisotopic (exact) mass is 372 g/mol. The maximum atomic E-state index is 13.1. The van der Waals surface area contributed by atoms with Gasteiger partial charge in [-0.2, -0.15) is 0 Å². The lowest BCUT2D eigenvalue weighted by molar-refractivity contribution is -0.0565. The number of carboxylic acids is 1. The van der Waals surface area contributed by atoms with E-state index in [4.69, 9.17) is 9.84 Å². The van der Waals surface area contributed by atoms with Crippen molar-refractivity contribution in [1.29, 1.82) is 0 Å². The summed E-state index contributed by atoms with van der Waals surface area (Å²) in [5.74, 6) is -3.08. The minimum atomic E-state index is -2.54. The number of hydrogen-bond acceptors (Lipinski definition) is 4. The van der Waals surface area contributed by atoms with Gasteiger partial charge in [-0.15, -0.1) is 12.4 Å². The summed E-state index contributed by atoms with van der Waals surface area (Å²) in [7, 11) is 0. The molecule has 1 aliphatic rings. The van der Waals surface area contributed by atoms with Crippen LogP contribution in [0.4, 0.5) is 8.78 Å². The minimum Gasteiger partial charge on any atom is -0.478 e. The topological polar surface area (TPSA) is 62.7 Å². The van der Waals surface area contributed by atoms with Crippen LogP contribution in [0.1, 0.15) is 23.2 Å². The smallest absolute Gasteiger partial charge is 0.335 e.